The summed E-state index contributed by atoms with van der Waals surface area (Å²) >= 11 is 1.34. The van der Waals surface area contributed by atoms with E-state index in [-0.39, 0.29) is 23.6 Å². The minimum Gasteiger partial charge on any atom is -0.468 e. The van der Waals surface area contributed by atoms with Crippen LogP contribution in [0.1, 0.15) is 59.9 Å². The van der Waals surface area contributed by atoms with E-state index in [1.54, 1.807) is 18.3 Å². The number of pyridine rings is 1. The predicted molar refractivity (Wildman–Crippen MR) is 184 cm³/mol. The second-order valence-electron chi connectivity index (χ2n) is 12.7. The van der Waals surface area contributed by atoms with Crippen LogP contribution in [-0.4, -0.2) is 56.3 Å². The van der Waals surface area contributed by atoms with Gasteiger partial charge >= 0.3 is 0 Å². The van der Waals surface area contributed by atoms with Gasteiger partial charge in [0.1, 0.15) is 36.7 Å². The average Bonchev–Trinajstić information content (AvgIpc) is 3.86. The summed E-state index contributed by atoms with van der Waals surface area (Å²) in [5.74, 6) is 3.32. The molecule has 1 fully saturated rings. The maximum absolute atomic E-state index is 16.8. The molecule has 0 bridgehead atoms. The van der Waals surface area contributed by atoms with Gasteiger partial charge in [-0.15, -0.1) is 5.54 Å². The Bertz CT molecular complexity index is 1780. The molecule has 4 aromatic rings. The zero-order valence-electron chi connectivity index (χ0n) is 27.6. The van der Waals surface area contributed by atoms with E-state index in [1.807, 2.05) is 19.4 Å². The van der Waals surface area contributed by atoms with Crippen LogP contribution < -0.4 is 9.64 Å². The Hall–Kier alpha value is -3.26. The number of rotatable bonds is 10. The molecule has 238 valence electrons. The molecule has 1 saturated carbocycles. The number of halogens is 2. The van der Waals surface area contributed by atoms with E-state index in [2.05, 4.69) is 67.9 Å². The van der Waals surface area contributed by atoms with Crippen LogP contribution >= 0.6 is 11.8 Å². The Morgan fingerprint density at radius 2 is 1.73 bits per heavy atom. The minimum absolute atomic E-state index is 0.00229. The topological polar surface area (TPSA) is 60.4 Å². The van der Waals surface area contributed by atoms with Crippen LogP contribution in [-0.2, 0) is 4.74 Å². The van der Waals surface area contributed by atoms with Crippen molar-refractivity contribution in [2.75, 3.05) is 32.1 Å². The molecule has 5 rings (SSSR count). The molecular formula is C35H42F2N4O2SSi. The molecule has 0 aliphatic heterocycles. The van der Waals surface area contributed by atoms with Crippen molar-refractivity contribution in [1.82, 2.24) is 15.0 Å². The summed E-state index contributed by atoms with van der Waals surface area (Å²) in [6.07, 6.45) is 5.54. The van der Waals surface area contributed by atoms with Gasteiger partial charge in [-0.25, -0.2) is 23.7 Å². The fourth-order valence-electron chi connectivity index (χ4n) is 6.74. The van der Waals surface area contributed by atoms with Gasteiger partial charge in [-0.05, 0) is 59.3 Å². The van der Waals surface area contributed by atoms with E-state index in [1.165, 1.54) is 24.9 Å². The molecule has 0 unspecified atom stereocenters. The van der Waals surface area contributed by atoms with Crippen molar-refractivity contribution < 1.29 is 18.3 Å². The van der Waals surface area contributed by atoms with E-state index >= 15 is 8.78 Å². The third kappa shape index (κ3) is 6.15. The fourth-order valence-corrected chi connectivity index (χ4v) is 12.3. The monoisotopic (exact) mass is 648 g/mol. The lowest BCUT2D eigenvalue weighted by atomic mass is 9.95. The van der Waals surface area contributed by atoms with Gasteiger partial charge < -0.3 is 14.4 Å². The summed E-state index contributed by atoms with van der Waals surface area (Å²) in [5.41, 5.74) is 5.63. The molecule has 10 heteroatoms. The van der Waals surface area contributed by atoms with Crippen LogP contribution in [0.5, 0.6) is 5.75 Å². The summed E-state index contributed by atoms with van der Waals surface area (Å²) in [5, 5.41) is 2.15. The van der Waals surface area contributed by atoms with Gasteiger partial charge in [-0.1, -0.05) is 65.3 Å². The molecule has 0 amide bonds. The Morgan fingerprint density at radius 1 is 1.04 bits per heavy atom. The van der Waals surface area contributed by atoms with E-state index in [4.69, 9.17) is 14.5 Å². The van der Waals surface area contributed by atoms with Gasteiger partial charge in [0.25, 0.3) is 0 Å². The number of thioether (sulfide) groups is 1. The number of hydrogen-bond acceptors (Lipinski definition) is 7. The second-order valence-corrected chi connectivity index (χ2v) is 19.1. The first-order chi connectivity index (χ1) is 21.4. The average molecular weight is 649 g/mol. The van der Waals surface area contributed by atoms with Crippen molar-refractivity contribution in [1.29, 1.82) is 0 Å². The second kappa shape index (κ2) is 13.2. The number of hydrogen-bond donors (Lipinski definition) is 0. The minimum atomic E-state index is -2.22. The Kier molecular flexibility index (Phi) is 9.73. The number of nitrogens with zero attached hydrogens (tertiary/aromatic N) is 4. The summed E-state index contributed by atoms with van der Waals surface area (Å²) in [7, 11) is 1.28. The highest BCUT2D eigenvalue weighted by atomic mass is 32.2. The molecule has 1 aliphatic carbocycles. The van der Waals surface area contributed by atoms with Crippen molar-refractivity contribution >= 4 is 47.3 Å². The van der Waals surface area contributed by atoms with Crippen LogP contribution in [0.3, 0.4) is 0 Å². The van der Waals surface area contributed by atoms with Crippen LogP contribution in [0.4, 0.5) is 14.6 Å². The molecular weight excluding hydrogens is 607 g/mol. The van der Waals surface area contributed by atoms with Crippen molar-refractivity contribution in [3.05, 3.63) is 47.7 Å². The molecule has 0 radical (unpaired) electrons. The van der Waals surface area contributed by atoms with Gasteiger partial charge in [0.15, 0.2) is 17.8 Å². The molecule has 0 saturated heterocycles. The Balaban J connectivity index is 1.89. The third-order valence-electron chi connectivity index (χ3n) is 9.16. The molecule has 0 spiro atoms. The molecule has 0 N–H and O–H groups in total. The molecule has 45 heavy (non-hydrogen) atoms. The fraction of sp³-hybridized carbons (Fsp3) is 0.457. The van der Waals surface area contributed by atoms with Gasteiger partial charge in [0.2, 0.25) is 0 Å². The summed E-state index contributed by atoms with van der Waals surface area (Å²) in [4.78, 5) is 16.0. The number of anilines is 1. The first kappa shape index (κ1) is 33.1. The summed E-state index contributed by atoms with van der Waals surface area (Å²) < 4.78 is 43.8. The van der Waals surface area contributed by atoms with E-state index in [0.717, 1.165) is 12.8 Å². The van der Waals surface area contributed by atoms with Crippen molar-refractivity contribution in [3.8, 4) is 28.5 Å². The molecule has 2 heterocycles. The molecule has 0 atom stereocenters. The lowest BCUT2D eigenvalue weighted by Crippen LogP contribution is -2.43. The highest BCUT2D eigenvalue weighted by molar-refractivity contribution is 7.98. The Morgan fingerprint density at radius 3 is 2.33 bits per heavy atom. The normalized spacial score (nSPS) is 13.6. The largest absolute Gasteiger partial charge is 0.468 e. The van der Waals surface area contributed by atoms with Crippen molar-refractivity contribution in [2.45, 2.75) is 82.2 Å². The van der Waals surface area contributed by atoms with Crippen molar-refractivity contribution in [3.63, 3.8) is 0 Å². The van der Waals surface area contributed by atoms with Gasteiger partial charge in [-0.2, -0.15) is 0 Å². The number of ether oxygens (including phenoxy) is 2. The first-order valence-corrected chi connectivity index (χ1v) is 18.9. The van der Waals surface area contributed by atoms with E-state index < -0.39 is 19.7 Å². The lowest BCUT2D eigenvalue weighted by molar-refractivity contribution is 0.0512. The predicted octanol–water partition coefficient (Wildman–Crippen LogP) is 9.00. The summed E-state index contributed by atoms with van der Waals surface area (Å²) in [6, 6.07) is 6.92. The third-order valence-corrected chi connectivity index (χ3v) is 16.0. The van der Waals surface area contributed by atoms with Crippen LogP contribution in [0.25, 0.3) is 32.9 Å². The maximum Gasteiger partial charge on any atom is 0.188 e. The van der Waals surface area contributed by atoms with E-state index in [9.17, 15) is 0 Å². The molecule has 2 aromatic heterocycles. The highest BCUT2D eigenvalue weighted by Crippen LogP contribution is 2.43. The zero-order chi connectivity index (χ0) is 32.6. The Labute approximate surface area is 270 Å². The van der Waals surface area contributed by atoms with Crippen LogP contribution in [0, 0.1) is 23.1 Å². The molecule has 2 aromatic carbocycles. The molecule has 1 aliphatic rings. The van der Waals surface area contributed by atoms with Crippen molar-refractivity contribution in [2.24, 2.45) is 0 Å². The first-order valence-electron chi connectivity index (χ1n) is 15.5. The van der Waals surface area contributed by atoms with Gasteiger partial charge in [0, 0.05) is 37.3 Å². The standard InChI is InChI=1S/C35H42F2N4O2SSi/c1-20(2)45(21(3)4,22(5)6)15-14-26-29(36)13-10-23-16-25(43-19-42-8)17-27(30(23)26)32-31(37)33-28(18-38-35(40-33)44-9)34(39-32)41(7)24-11-12-24/h10,13,16-18,20-22,24H,11-12,19H2,1-9H3. The maximum atomic E-state index is 16.8. The number of benzene rings is 2. The molecule has 6 nitrogen and oxygen atoms in total. The van der Waals surface area contributed by atoms with Crippen LogP contribution in [0.15, 0.2) is 35.6 Å². The zero-order valence-corrected chi connectivity index (χ0v) is 29.4. The van der Waals surface area contributed by atoms with Gasteiger partial charge in [-0.3, -0.25) is 0 Å². The quantitative estimate of drug-likeness (QED) is 0.0559. The van der Waals surface area contributed by atoms with Crippen LogP contribution in [0.2, 0.25) is 16.6 Å². The smallest absolute Gasteiger partial charge is 0.188 e. The number of methoxy groups -OCH3 is 1. The highest BCUT2D eigenvalue weighted by Gasteiger charge is 2.42. The lowest BCUT2D eigenvalue weighted by Gasteiger charge is -2.38. The number of aromatic nitrogens is 3. The number of fused-ring (bicyclic) bond motifs is 2. The SMILES string of the molecule is COCOc1cc(-c2nc(N(C)C3CC3)c3cnc(SC)nc3c2F)c2c(C#C[Si](C(C)C)(C(C)C)C(C)C)c(F)ccc2c1. The van der Waals surface area contributed by atoms with Gasteiger partial charge in [0.05, 0.1) is 10.9 Å². The van der Waals surface area contributed by atoms with E-state index in [0.29, 0.717) is 61.1 Å². The summed E-state index contributed by atoms with van der Waals surface area (Å²) in [6.45, 7) is 13.3.